The van der Waals surface area contributed by atoms with Crippen molar-refractivity contribution in [2.45, 2.75) is 437 Å². The maximum atomic E-state index is 12.5. The second-order valence-electron chi connectivity index (χ2n) is 26.3. The van der Waals surface area contributed by atoms with Crippen LogP contribution in [0.4, 0.5) is 0 Å². The number of aliphatic hydroxyl groups is 2. The van der Waals surface area contributed by atoms with Crippen LogP contribution < -0.4 is 5.32 Å². The van der Waals surface area contributed by atoms with E-state index in [1.807, 2.05) is 6.08 Å². The predicted molar refractivity (Wildman–Crippen MR) is 370 cm³/mol. The fourth-order valence-electron chi connectivity index (χ4n) is 12.0. The first-order chi connectivity index (χ1) is 41.5. The van der Waals surface area contributed by atoms with Crippen LogP contribution in [-0.4, -0.2) is 47.4 Å². The van der Waals surface area contributed by atoms with Crippen molar-refractivity contribution in [1.82, 2.24) is 5.32 Å². The highest BCUT2D eigenvalue weighted by atomic mass is 16.5. The average Bonchev–Trinajstić information content (AvgIpc) is 3.50. The number of carbonyl (C=O) groups excluding carboxylic acids is 2. The molecular weight excluding hydrogens is 1030 g/mol. The van der Waals surface area contributed by atoms with E-state index in [0.717, 1.165) is 44.9 Å². The fourth-order valence-corrected chi connectivity index (χ4v) is 12.0. The number of hydrogen-bond acceptors (Lipinski definition) is 5. The molecule has 6 nitrogen and oxygen atoms in total. The van der Waals surface area contributed by atoms with Gasteiger partial charge in [-0.15, -0.1) is 0 Å². The molecule has 0 rings (SSSR count). The smallest absolute Gasteiger partial charge is 0.305 e. The topological polar surface area (TPSA) is 95.9 Å². The number of ether oxygens (including phenoxy) is 1. The Hall–Kier alpha value is -1.92. The largest absolute Gasteiger partial charge is 0.466 e. The molecule has 0 spiro atoms. The molecule has 1 amide bonds. The molecule has 0 radical (unpaired) electrons. The van der Waals surface area contributed by atoms with E-state index < -0.39 is 12.1 Å². The number of aliphatic hydroxyl groups excluding tert-OH is 2. The van der Waals surface area contributed by atoms with Gasteiger partial charge in [-0.1, -0.05) is 365 Å². The second kappa shape index (κ2) is 73.5. The Balaban J connectivity index is 3.39. The minimum Gasteiger partial charge on any atom is -0.466 e. The molecular formula is C78H149NO5. The van der Waals surface area contributed by atoms with Crippen LogP contribution in [0.5, 0.6) is 0 Å². The van der Waals surface area contributed by atoms with E-state index in [2.05, 4.69) is 43.5 Å². The van der Waals surface area contributed by atoms with Crippen molar-refractivity contribution in [2.75, 3.05) is 13.2 Å². The van der Waals surface area contributed by atoms with Gasteiger partial charge in [0, 0.05) is 12.8 Å². The number of unbranched alkanes of at least 4 members (excludes halogenated alkanes) is 57. The van der Waals surface area contributed by atoms with Gasteiger partial charge in [0.15, 0.2) is 0 Å². The lowest BCUT2D eigenvalue weighted by molar-refractivity contribution is -0.143. The van der Waals surface area contributed by atoms with Gasteiger partial charge in [-0.25, -0.2) is 0 Å². The molecule has 2 atom stereocenters. The summed E-state index contributed by atoms with van der Waals surface area (Å²) in [6.07, 6.45) is 95.4. The van der Waals surface area contributed by atoms with Gasteiger partial charge in [0.2, 0.25) is 5.91 Å². The van der Waals surface area contributed by atoms with Gasteiger partial charge in [-0.05, 0) is 83.5 Å². The number of carbonyl (C=O) groups is 2. The molecule has 0 aromatic heterocycles. The number of nitrogens with one attached hydrogen (secondary N) is 1. The van der Waals surface area contributed by atoms with Crippen LogP contribution in [0.1, 0.15) is 425 Å². The van der Waals surface area contributed by atoms with Crippen LogP contribution >= 0.6 is 0 Å². The van der Waals surface area contributed by atoms with Crippen molar-refractivity contribution in [1.29, 1.82) is 0 Å². The Morgan fingerprint density at radius 1 is 0.321 bits per heavy atom. The third kappa shape index (κ3) is 69.2. The molecule has 0 aliphatic heterocycles. The molecule has 6 heteroatoms. The quantitative estimate of drug-likeness (QED) is 0.0320. The molecule has 0 aliphatic carbocycles. The monoisotopic (exact) mass is 1180 g/mol. The van der Waals surface area contributed by atoms with Crippen LogP contribution in [0.3, 0.4) is 0 Å². The molecule has 0 heterocycles. The van der Waals surface area contributed by atoms with Crippen molar-refractivity contribution in [3.05, 3.63) is 36.5 Å². The number of hydrogen-bond donors (Lipinski definition) is 3. The van der Waals surface area contributed by atoms with Crippen LogP contribution in [0.25, 0.3) is 0 Å². The predicted octanol–water partition coefficient (Wildman–Crippen LogP) is 25.0. The van der Waals surface area contributed by atoms with E-state index in [4.69, 9.17) is 4.74 Å². The molecule has 84 heavy (non-hydrogen) atoms. The Morgan fingerprint density at radius 2 is 0.560 bits per heavy atom. The van der Waals surface area contributed by atoms with Crippen molar-refractivity contribution in [2.24, 2.45) is 0 Å². The molecule has 496 valence electrons. The molecule has 3 N–H and O–H groups in total. The van der Waals surface area contributed by atoms with E-state index in [9.17, 15) is 19.8 Å². The highest BCUT2D eigenvalue weighted by molar-refractivity contribution is 5.76. The van der Waals surface area contributed by atoms with E-state index in [1.54, 1.807) is 6.08 Å². The summed E-state index contributed by atoms with van der Waals surface area (Å²) in [6.45, 7) is 4.92. The van der Waals surface area contributed by atoms with Gasteiger partial charge < -0.3 is 20.3 Å². The summed E-state index contributed by atoms with van der Waals surface area (Å²) >= 11 is 0. The van der Waals surface area contributed by atoms with Crippen LogP contribution in [0.2, 0.25) is 0 Å². The Kier molecular flexibility index (Phi) is 71.9. The summed E-state index contributed by atoms with van der Waals surface area (Å²) in [6, 6.07) is -0.628. The summed E-state index contributed by atoms with van der Waals surface area (Å²) in [5.74, 6) is -0.0534. The Morgan fingerprint density at radius 3 is 0.869 bits per heavy atom. The molecule has 2 unspecified atom stereocenters. The maximum Gasteiger partial charge on any atom is 0.305 e. The fraction of sp³-hybridized carbons (Fsp3) is 0.897. The number of amides is 1. The van der Waals surface area contributed by atoms with E-state index in [0.29, 0.717) is 19.4 Å². The number of esters is 1. The molecule has 0 aromatic rings. The third-order valence-corrected chi connectivity index (χ3v) is 17.9. The summed E-state index contributed by atoms with van der Waals surface area (Å²) in [5, 5.41) is 23.3. The standard InChI is InChI=1S/C78H149NO5/c1-3-5-7-9-11-13-15-17-18-19-20-21-22-32-35-38-41-44-47-50-54-58-62-66-70-76(81)75(74-80)79-77(82)71-67-63-59-55-51-48-45-42-39-36-33-30-28-26-24-23-25-27-29-31-34-37-40-43-46-49-53-57-61-65-69-73-84-78(83)72-68-64-60-56-52-16-14-12-10-8-6-4-2/h12,14,25,27,66,70,75-76,80-81H,3-11,13,15-24,26,28-65,67-69,71-74H2,1-2H3,(H,79,82)/b14-12-,27-25-,70-66+. The van der Waals surface area contributed by atoms with E-state index >= 15 is 0 Å². The normalized spacial score (nSPS) is 12.7. The van der Waals surface area contributed by atoms with Crippen molar-refractivity contribution in [3.63, 3.8) is 0 Å². The first kappa shape index (κ1) is 82.1. The molecule has 0 aromatic carbocycles. The second-order valence-corrected chi connectivity index (χ2v) is 26.3. The van der Waals surface area contributed by atoms with Crippen LogP contribution in [0.15, 0.2) is 36.5 Å². The number of allylic oxidation sites excluding steroid dienone is 5. The Labute approximate surface area is 525 Å². The molecule has 0 aliphatic rings. The molecule has 0 saturated carbocycles. The van der Waals surface area contributed by atoms with Gasteiger partial charge in [-0.3, -0.25) is 9.59 Å². The zero-order valence-electron chi connectivity index (χ0n) is 56.9. The van der Waals surface area contributed by atoms with Gasteiger partial charge in [-0.2, -0.15) is 0 Å². The van der Waals surface area contributed by atoms with Gasteiger partial charge in [0.1, 0.15) is 0 Å². The third-order valence-electron chi connectivity index (χ3n) is 17.9. The van der Waals surface area contributed by atoms with Crippen molar-refractivity contribution < 1.29 is 24.5 Å². The summed E-state index contributed by atoms with van der Waals surface area (Å²) in [7, 11) is 0. The van der Waals surface area contributed by atoms with Crippen molar-refractivity contribution in [3.8, 4) is 0 Å². The summed E-state index contributed by atoms with van der Waals surface area (Å²) in [4.78, 5) is 24.6. The van der Waals surface area contributed by atoms with E-state index in [1.165, 1.54) is 353 Å². The average molecular weight is 1180 g/mol. The Bertz CT molecular complexity index is 1360. The lowest BCUT2D eigenvalue weighted by Crippen LogP contribution is -2.45. The van der Waals surface area contributed by atoms with E-state index in [-0.39, 0.29) is 18.5 Å². The maximum absolute atomic E-state index is 12.5. The highest BCUT2D eigenvalue weighted by Gasteiger charge is 2.18. The SMILES string of the molecule is CCCCC/C=C\CCCCCCCC(=O)OCCCCCCCCCCCCCC/C=C\CCCCCCCCCCCCCCCCCC(=O)NC(CO)C(O)/C=C/CCCCCCCCCCCCCCCCCCCCCCCC. The zero-order valence-corrected chi connectivity index (χ0v) is 56.9. The van der Waals surface area contributed by atoms with Gasteiger partial charge >= 0.3 is 5.97 Å². The minimum atomic E-state index is -0.845. The summed E-state index contributed by atoms with van der Waals surface area (Å²) in [5.41, 5.74) is 0. The zero-order chi connectivity index (χ0) is 60.6. The molecule has 0 fully saturated rings. The van der Waals surface area contributed by atoms with Gasteiger partial charge in [0.05, 0.1) is 25.4 Å². The van der Waals surface area contributed by atoms with Crippen LogP contribution in [0, 0.1) is 0 Å². The first-order valence-corrected chi connectivity index (χ1v) is 38.3. The minimum absolute atomic E-state index is 0.00778. The lowest BCUT2D eigenvalue weighted by Gasteiger charge is -2.20. The van der Waals surface area contributed by atoms with Crippen LogP contribution in [-0.2, 0) is 14.3 Å². The summed E-state index contributed by atoms with van der Waals surface area (Å²) < 4.78 is 5.48. The first-order valence-electron chi connectivity index (χ1n) is 38.3. The molecule has 0 bridgehead atoms. The lowest BCUT2D eigenvalue weighted by atomic mass is 10.0. The van der Waals surface area contributed by atoms with Gasteiger partial charge in [0.25, 0.3) is 0 Å². The van der Waals surface area contributed by atoms with Crippen molar-refractivity contribution >= 4 is 11.9 Å². The highest BCUT2D eigenvalue weighted by Crippen LogP contribution is 2.19. The molecule has 0 saturated heterocycles. The number of rotatable bonds is 72.